The van der Waals surface area contributed by atoms with Crippen molar-refractivity contribution in [1.82, 2.24) is 0 Å². The number of halogens is 3. The first-order chi connectivity index (χ1) is 3.18. The molecule has 7 heavy (non-hydrogen) atoms. The van der Waals surface area contributed by atoms with Gasteiger partial charge in [-0.3, -0.25) is 0 Å². The molecule has 39 valence electrons. The minimum Gasteiger partial charge on any atom is -0.200 e. The second-order valence-electron chi connectivity index (χ2n) is 0.751. The number of allylic oxidation sites excluding steroid dienone is 2. The van der Waals surface area contributed by atoms with Crippen molar-refractivity contribution in [3.05, 3.63) is 24.6 Å². The highest BCUT2D eigenvalue weighted by Crippen LogP contribution is 2.07. The van der Waals surface area contributed by atoms with Crippen LogP contribution in [0.4, 0.5) is 13.2 Å². The highest BCUT2D eigenvalue weighted by molar-refractivity contribution is 5.00. The molecular formula is C4H2F3. The van der Waals surface area contributed by atoms with Crippen molar-refractivity contribution in [2.24, 2.45) is 0 Å². The van der Waals surface area contributed by atoms with Gasteiger partial charge < -0.3 is 0 Å². The highest BCUT2D eigenvalue weighted by atomic mass is 19.3. The lowest BCUT2D eigenvalue weighted by Gasteiger charge is -1.75. The monoisotopic (exact) mass is 107 g/mol. The Bertz CT molecular complexity index is 99.5. The number of hydrogen-bond donors (Lipinski definition) is 0. The van der Waals surface area contributed by atoms with Crippen LogP contribution in [0.2, 0.25) is 0 Å². The molecule has 0 saturated carbocycles. The molecule has 0 unspecified atom stereocenters. The summed E-state index contributed by atoms with van der Waals surface area (Å²) in [6, 6.07) is 0. The van der Waals surface area contributed by atoms with E-state index >= 15 is 0 Å². The summed E-state index contributed by atoms with van der Waals surface area (Å²) in [6.45, 7) is 2.64. The van der Waals surface area contributed by atoms with Gasteiger partial charge in [0.05, 0.1) is 0 Å². The van der Waals surface area contributed by atoms with Gasteiger partial charge in [-0.2, -0.15) is 8.78 Å². The molecule has 0 heterocycles. The van der Waals surface area contributed by atoms with Crippen molar-refractivity contribution in [2.45, 2.75) is 0 Å². The Morgan fingerprint density at radius 2 is 1.71 bits per heavy atom. The lowest BCUT2D eigenvalue weighted by molar-refractivity contribution is 0.385. The summed E-state index contributed by atoms with van der Waals surface area (Å²) in [4.78, 5) is 0. The summed E-state index contributed by atoms with van der Waals surface area (Å²) in [6.07, 6.45) is -1.00. The molecule has 0 nitrogen and oxygen atoms in total. The molecule has 0 aliphatic rings. The van der Waals surface area contributed by atoms with Gasteiger partial charge in [-0.05, 0) is 0 Å². The Balaban J connectivity index is 3.98. The zero-order valence-corrected chi connectivity index (χ0v) is 3.34. The van der Waals surface area contributed by atoms with E-state index in [0.29, 0.717) is 0 Å². The predicted octanol–water partition coefficient (Wildman–Crippen LogP) is 2.05. The van der Waals surface area contributed by atoms with Crippen LogP contribution in [0.1, 0.15) is 0 Å². The van der Waals surface area contributed by atoms with Gasteiger partial charge >= 0.3 is 6.08 Å². The van der Waals surface area contributed by atoms with Crippen molar-refractivity contribution in [2.75, 3.05) is 0 Å². The van der Waals surface area contributed by atoms with Gasteiger partial charge in [0, 0.05) is 6.08 Å². The second kappa shape index (κ2) is 2.44. The molecular weight excluding hydrogens is 105 g/mol. The molecule has 0 fully saturated rings. The quantitative estimate of drug-likeness (QED) is 0.450. The van der Waals surface area contributed by atoms with Crippen LogP contribution >= 0.6 is 0 Å². The maximum atomic E-state index is 11.2. The van der Waals surface area contributed by atoms with Crippen LogP contribution in [0.3, 0.4) is 0 Å². The molecule has 0 aliphatic carbocycles. The minimum absolute atomic E-state index is 1.38. The Morgan fingerprint density at radius 3 is 1.71 bits per heavy atom. The van der Waals surface area contributed by atoms with Gasteiger partial charge in [-0.15, -0.1) is 0 Å². The third kappa shape index (κ3) is 2.03. The van der Waals surface area contributed by atoms with Crippen molar-refractivity contribution < 1.29 is 13.2 Å². The molecule has 0 spiro atoms. The zero-order valence-electron chi connectivity index (χ0n) is 3.34. The van der Waals surface area contributed by atoms with Crippen LogP contribution in [0.25, 0.3) is 0 Å². The van der Waals surface area contributed by atoms with Gasteiger partial charge in [0.2, 0.25) is 0 Å². The summed E-state index contributed by atoms with van der Waals surface area (Å²) in [7, 11) is 0. The molecule has 0 aromatic carbocycles. The minimum atomic E-state index is -2.38. The Hall–Kier alpha value is -0.730. The maximum Gasteiger partial charge on any atom is 0.306 e. The van der Waals surface area contributed by atoms with Gasteiger partial charge in [-0.1, -0.05) is 6.58 Å². The van der Waals surface area contributed by atoms with Crippen molar-refractivity contribution in [3.8, 4) is 0 Å². The molecule has 0 saturated heterocycles. The van der Waals surface area contributed by atoms with Gasteiger partial charge in [-0.25, -0.2) is 4.39 Å². The number of hydrogen-bond acceptors (Lipinski definition) is 0. The molecule has 0 rings (SSSR count). The van der Waals surface area contributed by atoms with Crippen LogP contribution < -0.4 is 0 Å². The van der Waals surface area contributed by atoms with Crippen molar-refractivity contribution >= 4 is 0 Å². The van der Waals surface area contributed by atoms with E-state index in [1.54, 1.807) is 0 Å². The van der Waals surface area contributed by atoms with E-state index in [-0.39, 0.29) is 0 Å². The molecule has 0 aromatic rings. The largest absolute Gasteiger partial charge is 0.306 e. The molecule has 0 bridgehead atoms. The normalized spacial score (nSPS) is 7.86. The number of rotatable bonds is 1. The summed E-state index contributed by atoms with van der Waals surface area (Å²) in [5.74, 6) is -1.68. The van der Waals surface area contributed by atoms with E-state index in [2.05, 4.69) is 6.58 Å². The molecule has 0 aromatic heterocycles. The first kappa shape index (κ1) is 6.27. The first-order valence-electron chi connectivity index (χ1n) is 1.42. The van der Waals surface area contributed by atoms with E-state index in [9.17, 15) is 13.2 Å². The molecule has 0 amide bonds. The van der Waals surface area contributed by atoms with E-state index in [4.69, 9.17) is 0 Å². The molecule has 0 aliphatic heterocycles. The Morgan fingerprint density at radius 1 is 1.29 bits per heavy atom. The van der Waals surface area contributed by atoms with E-state index in [1.807, 2.05) is 0 Å². The van der Waals surface area contributed by atoms with Crippen LogP contribution in [0, 0.1) is 6.08 Å². The summed E-state index contributed by atoms with van der Waals surface area (Å²) in [5, 5.41) is 0. The summed E-state index contributed by atoms with van der Waals surface area (Å²) < 4.78 is 32.9. The molecule has 1 radical (unpaired) electrons. The zero-order chi connectivity index (χ0) is 5.86. The fraction of sp³-hybridized carbons (Fsp3) is 0. The summed E-state index contributed by atoms with van der Waals surface area (Å²) in [5.41, 5.74) is 0. The van der Waals surface area contributed by atoms with Gasteiger partial charge in [0.1, 0.15) is 0 Å². The SMILES string of the molecule is C=[C]C(F)=C(F)F. The third-order valence-electron chi connectivity index (χ3n) is 0.321. The van der Waals surface area contributed by atoms with Gasteiger partial charge in [0.15, 0.2) is 5.83 Å². The van der Waals surface area contributed by atoms with Crippen LogP contribution in [0.5, 0.6) is 0 Å². The fourth-order valence-corrected chi connectivity index (χ4v) is 0.0668. The van der Waals surface area contributed by atoms with Crippen LogP contribution in [-0.4, -0.2) is 0 Å². The van der Waals surface area contributed by atoms with Crippen LogP contribution in [0.15, 0.2) is 18.5 Å². The molecule has 0 atom stereocenters. The second-order valence-corrected chi connectivity index (χ2v) is 0.751. The summed E-state index contributed by atoms with van der Waals surface area (Å²) >= 11 is 0. The van der Waals surface area contributed by atoms with Crippen LogP contribution in [-0.2, 0) is 0 Å². The Kier molecular flexibility index (Phi) is 2.19. The third-order valence-corrected chi connectivity index (χ3v) is 0.321. The smallest absolute Gasteiger partial charge is 0.200 e. The predicted molar refractivity (Wildman–Crippen MR) is 19.2 cm³/mol. The lowest BCUT2D eigenvalue weighted by Crippen LogP contribution is -1.64. The van der Waals surface area contributed by atoms with E-state index < -0.39 is 11.9 Å². The standard InChI is InChI=1S/C4H2F3/c1-2-3(5)4(6)7/h1H2. The maximum absolute atomic E-state index is 11.2. The molecule has 0 N–H and O–H groups in total. The van der Waals surface area contributed by atoms with Crippen molar-refractivity contribution in [3.63, 3.8) is 0 Å². The van der Waals surface area contributed by atoms with Crippen molar-refractivity contribution in [1.29, 1.82) is 0 Å². The molecule has 3 heteroatoms. The lowest BCUT2D eigenvalue weighted by atomic mass is 10.6. The van der Waals surface area contributed by atoms with Gasteiger partial charge in [0.25, 0.3) is 0 Å². The van der Waals surface area contributed by atoms with E-state index in [1.165, 1.54) is 6.08 Å². The first-order valence-corrected chi connectivity index (χ1v) is 1.42. The average molecular weight is 107 g/mol. The Labute approximate surface area is 39.0 Å². The fourth-order valence-electron chi connectivity index (χ4n) is 0.0668. The highest BCUT2D eigenvalue weighted by Gasteiger charge is 1.96. The van der Waals surface area contributed by atoms with E-state index in [0.717, 1.165) is 0 Å². The average Bonchev–Trinajstić information content (AvgIpc) is 1.65. The topological polar surface area (TPSA) is 0 Å².